The Morgan fingerprint density at radius 3 is 2.77 bits per heavy atom. The molecule has 0 spiro atoms. The molecule has 2 nitrogen and oxygen atoms in total. The molecule has 1 rings (SSSR count). The first-order chi connectivity index (χ1) is 6.14. The van der Waals surface area contributed by atoms with Gasteiger partial charge in [-0.3, -0.25) is 0 Å². The first-order valence-electron chi connectivity index (χ1n) is 5.10. The predicted molar refractivity (Wildman–Crippen MR) is 58.9 cm³/mol. The third-order valence-corrected chi connectivity index (χ3v) is 4.59. The van der Waals surface area contributed by atoms with Crippen molar-refractivity contribution in [2.75, 3.05) is 18.1 Å². The molecule has 0 bridgehead atoms. The van der Waals surface area contributed by atoms with Gasteiger partial charge in [0.05, 0.1) is 6.10 Å². The van der Waals surface area contributed by atoms with Gasteiger partial charge in [-0.25, -0.2) is 0 Å². The fraction of sp³-hybridized carbons (Fsp3) is 1.00. The van der Waals surface area contributed by atoms with Gasteiger partial charge in [0, 0.05) is 12.0 Å². The Labute approximate surface area is 85.3 Å². The zero-order chi connectivity index (χ0) is 9.90. The number of rotatable bonds is 4. The molecule has 13 heavy (non-hydrogen) atoms. The largest absolute Gasteiger partial charge is 0.392 e. The van der Waals surface area contributed by atoms with Crippen LogP contribution in [0.15, 0.2) is 0 Å². The topological polar surface area (TPSA) is 46.2 Å². The van der Waals surface area contributed by atoms with Crippen molar-refractivity contribution in [3.63, 3.8) is 0 Å². The molecular formula is C10H21NOS. The minimum atomic E-state index is -0.211. The van der Waals surface area contributed by atoms with Crippen LogP contribution in [0.4, 0.5) is 0 Å². The molecular weight excluding hydrogens is 182 g/mol. The predicted octanol–water partition coefficient (Wildman–Crippen LogP) is 1.48. The lowest BCUT2D eigenvalue weighted by Gasteiger charge is -2.35. The fourth-order valence-electron chi connectivity index (χ4n) is 1.85. The Bertz CT molecular complexity index is 153. The number of aliphatic hydroxyl groups excluding tert-OH is 1. The molecule has 1 saturated heterocycles. The normalized spacial score (nSPS) is 30.0. The molecule has 0 saturated carbocycles. The lowest BCUT2D eigenvalue weighted by atomic mass is 9.76. The molecule has 78 valence electrons. The molecule has 1 heterocycles. The minimum absolute atomic E-state index is 0.0738. The summed E-state index contributed by atoms with van der Waals surface area (Å²) in [6.45, 7) is 4.80. The number of thioether (sulfide) groups is 1. The average Bonchev–Trinajstić information content (AvgIpc) is 2.68. The smallest absolute Gasteiger partial charge is 0.0642 e. The summed E-state index contributed by atoms with van der Waals surface area (Å²) in [7, 11) is 0. The van der Waals surface area contributed by atoms with E-state index in [0.717, 1.165) is 18.6 Å². The van der Waals surface area contributed by atoms with Crippen LogP contribution in [-0.2, 0) is 0 Å². The monoisotopic (exact) mass is 203 g/mol. The first kappa shape index (κ1) is 11.3. The molecule has 0 aromatic rings. The first-order valence-corrected chi connectivity index (χ1v) is 6.25. The summed E-state index contributed by atoms with van der Waals surface area (Å²) >= 11 is 1.95. The van der Waals surface area contributed by atoms with Crippen LogP contribution in [0, 0.1) is 11.3 Å². The van der Waals surface area contributed by atoms with Crippen molar-refractivity contribution in [1.82, 2.24) is 0 Å². The van der Waals surface area contributed by atoms with Gasteiger partial charge in [0.2, 0.25) is 0 Å². The molecule has 1 aliphatic rings. The molecule has 0 aromatic carbocycles. The Hall–Kier alpha value is 0.270. The second kappa shape index (κ2) is 4.67. The second-order valence-electron chi connectivity index (χ2n) is 4.28. The van der Waals surface area contributed by atoms with Gasteiger partial charge >= 0.3 is 0 Å². The van der Waals surface area contributed by atoms with E-state index in [0.29, 0.717) is 12.5 Å². The van der Waals surface area contributed by atoms with Gasteiger partial charge in [-0.2, -0.15) is 11.8 Å². The van der Waals surface area contributed by atoms with E-state index in [1.807, 2.05) is 11.8 Å². The molecule has 3 unspecified atom stereocenters. The van der Waals surface area contributed by atoms with Crippen LogP contribution in [-0.4, -0.2) is 29.3 Å². The highest BCUT2D eigenvalue weighted by molar-refractivity contribution is 7.99. The van der Waals surface area contributed by atoms with Crippen molar-refractivity contribution in [3.8, 4) is 0 Å². The van der Waals surface area contributed by atoms with Crippen molar-refractivity contribution >= 4 is 11.8 Å². The lowest BCUT2D eigenvalue weighted by molar-refractivity contribution is 0.00156. The zero-order valence-corrected chi connectivity index (χ0v) is 9.44. The van der Waals surface area contributed by atoms with E-state index in [9.17, 15) is 5.11 Å². The highest BCUT2D eigenvalue weighted by Gasteiger charge is 2.36. The highest BCUT2D eigenvalue weighted by atomic mass is 32.2. The molecule has 1 fully saturated rings. The average molecular weight is 203 g/mol. The summed E-state index contributed by atoms with van der Waals surface area (Å²) < 4.78 is 0. The number of hydrogen-bond acceptors (Lipinski definition) is 3. The molecule has 0 aromatic heterocycles. The Kier molecular flexibility index (Phi) is 4.07. The van der Waals surface area contributed by atoms with Crippen LogP contribution in [0.25, 0.3) is 0 Å². The van der Waals surface area contributed by atoms with Crippen LogP contribution in [0.1, 0.15) is 26.7 Å². The highest BCUT2D eigenvalue weighted by Crippen LogP contribution is 2.36. The molecule has 3 heteroatoms. The van der Waals surface area contributed by atoms with Crippen molar-refractivity contribution in [3.05, 3.63) is 0 Å². The second-order valence-corrected chi connectivity index (χ2v) is 5.43. The Morgan fingerprint density at radius 2 is 2.38 bits per heavy atom. The van der Waals surface area contributed by atoms with Crippen molar-refractivity contribution in [2.45, 2.75) is 32.8 Å². The Morgan fingerprint density at radius 1 is 1.69 bits per heavy atom. The molecule has 0 amide bonds. The van der Waals surface area contributed by atoms with Gasteiger partial charge < -0.3 is 10.8 Å². The molecule has 1 aliphatic heterocycles. The van der Waals surface area contributed by atoms with E-state index < -0.39 is 0 Å². The van der Waals surface area contributed by atoms with Gasteiger partial charge in [0.15, 0.2) is 0 Å². The van der Waals surface area contributed by atoms with Crippen LogP contribution in [0.5, 0.6) is 0 Å². The minimum Gasteiger partial charge on any atom is -0.392 e. The maximum atomic E-state index is 10.2. The van der Waals surface area contributed by atoms with Gasteiger partial charge in [-0.15, -0.1) is 0 Å². The number of hydrogen-bond donors (Lipinski definition) is 2. The maximum Gasteiger partial charge on any atom is 0.0642 e. The van der Waals surface area contributed by atoms with Crippen LogP contribution in [0.3, 0.4) is 0 Å². The van der Waals surface area contributed by atoms with Gasteiger partial charge in [0.25, 0.3) is 0 Å². The molecule has 0 radical (unpaired) electrons. The van der Waals surface area contributed by atoms with Crippen LogP contribution >= 0.6 is 11.8 Å². The third-order valence-electron chi connectivity index (χ3n) is 3.40. The van der Waals surface area contributed by atoms with Crippen LogP contribution < -0.4 is 5.73 Å². The summed E-state index contributed by atoms with van der Waals surface area (Å²) in [6, 6.07) is 0. The summed E-state index contributed by atoms with van der Waals surface area (Å²) in [5.74, 6) is 2.78. The van der Waals surface area contributed by atoms with E-state index in [4.69, 9.17) is 5.73 Å². The maximum absolute atomic E-state index is 10.2. The van der Waals surface area contributed by atoms with E-state index in [1.165, 1.54) is 5.75 Å². The zero-order valence-electron chi connectivity index (χ0n) is 8.62. The number of nitrogens with two attached hydrogens (primary N) is 1. The van der Waals surface area contributed by atoms with E-state index in [1.54, 1.807) is 0 Å². The van der Waals surface area contributed by atoms with Crippen LogP contribution in [0.2, 0.25) is 0 Å². The Balaban J connectivity index is 2.57. The number of aliphatic hydroxyl groups is 1. The van der Waals surface area contributed by atoms with Gasteiger partial charge in [0.1, 0.15) is 0 Å². The summed E-state index contributed by atoms with van der Waals surface area (Å²) in [5, 5.41) is 10.2. The quantitative estimate of drug-likeness (QED) is 0.727. The third kappa shape index (κ3) is 2.39. The summed E-state index contributed by atoms with van der Waals surface area (Å²) in [4.78, 5) is 0. The fourth-order valence-corrected chi connectivity index (χ4v) is 3.13. The molecule has 3 atom stereocenters. The van der Waals surface area contributed by atoms with E-state index in [-0.39, 0.29) is 11.5 Å². The van der Waals surface area contributed by atoms with Crippen molar-refractivity contribution in [1.29, 1.82) is 0 Å². The van der Waals surface area contributed by atoms with E-state index >= 15 is 0 Å². The molecule has 3 N–H and O–H groups in total. The van der Waals surface area contributed by atoms with Gasteiger partial charge in [-0.05, 0) is 30.3 Å². The van der Waals surface area contributed by atoms with Crippen molar-refractivity contribution < 1.29 is 5.11 Å². The van der Waals surface area contributed by atoms with Gasteiger partial charge in [-0.1, -0.05) is 13.8 Å². The van der Waals surface area contributed by atoms with Crippen molar-refractivity contribution in [2.24, 2.45) is 17.1 Å². The summed E-state index contributed by atoms with van der Waals surface area (Å²) in [5.41, 5.74) is 5.65. The molecule has 0 aliphatic carbocycles. The standard InChI is InChI=1S/C10H21NOS/c1-3-10(2,7-11)9(12)8-4-5-13-6-8/h8-9,12H,3-7,11H2,1-2H3. The lowest BCUT2D eigenvalue weighted by Crippen LogP contribution is -2.43. The summed E-state index contributed by atoms with van der Waals surface area (Å²) in [6.07, 6.45) is 1.91. The van der Waals surface area contributed by atoms with E-state index in [2.05, 4.69) is 13.8 Å². The SMILES string of the molecule is CCC(C)(CN)C(O)C1CCSC1.